The number of hydrogen-bond acceptors (Lipinski definition) is 3. The maximum atomic E-state index is 9.85. The van der Waals surface area contributed by atoms with E-state index in [0.717, 1.165) is 25.7 Å². The zero-order valence-corrected chi connectivity index (χ0v) is 18.7. The smallest absolute Gasteiger partial charge is 0.0786 e. The van der Waals surface area contributed by atoms with Crippen LogP contribution in [0.2, 0.25) is 0 Å². The van der Waals surface area contributed by atoms with E-state index < -0.39 is 6.10 Å². The summed E-state index contributed by atoms with van der Waals surface area (Å²) in [5, 5.41) is 13.4. The fourth-order valence-electron chi connectivity index (χ4n) is 3.55. The Morgan fingerprint density at radius 1 is 0.759 bits per heavy atom. The van der Waals surface area contributed by atoms with Crippen LogP contribution in [0.15, 0.2) is 48.5 Å². The van der Waals surface area contributed by atoms with Crippen molar-refractivity contribution in [1.82, 2.24) is 5.32 Å². The molecule has 0 bridgehead atoms. The van der Waals surface area contributed by atoms with E-state index in [0.29, 0.717) is 31.0 Å². The molecule has 3 heteroatoms. The highest BCUT2D eigenvalue weighted by Crippen LogP contribution is 2.18. The molecule has 0 heterocycles. The molecule has 3 nitrogen and oxygen atoms in total. The summed E-state index contributed by atoms with van der Waals surface area (Å²) in [6, 6.07) is 18.4. The van der Waals surface area contributed by atoms with E-state index in [4.69, 9.17) is 5.73 Å². The van der Waals surface area contributed by atoms with Crippen LogP contribution in [0.5, 0.6) is 0 Å². The summed E-state index contributed by atoms with van der Waals surface area (Å²) < 4.78 is 0. The number of rotatable bonds is 12. The summed E-state index contributed by atoms with van der Waals surface area (Å²) in [5.41, 5.74) is 11.1. The topological polar surface area (TPSA) is 58.3 Å². The average molecular weight is 397 g/mol. The van der Waals surface area contributed by atoms with Crippen molar-refractivity contribution in [3.63, 3.8) is 0 Å². The molecule has 4 N–H and O–H groups in total. The fraction of sp³-hybridized carbons (Fsp3) is 0.538. The Bertz CT molecular complexity index is 636. The molecule has 2 aromatic rings. The Labute approximate surface area is 177 Å². The zero-order valence-electron chi connectivity index (χ0n) is 18.7. The van der Waals surface area contributed by atoms with Gasteiger partial charge in [0, 0.05) is 19.1 Å². The molecule has 0 aromatic heterocycles. The third-order valence-electron chi connectivity index (χ3n) is 5.77. The van der Waals surface area contributed by atoms with E-state index >= 15 is 0 Å². The molecule has 0 aliphatic rings. The van der Waals surface area contributed by atoms with Crippen molar-refractivity contribution < 1.29 is 5.11 Å². The van der Waals surface area contributed by atoms with Crippen LogP contribution in [0, 0.1) is 0 Å². The number of aliphatic hydroxyl groups is 1. The SMILES string of the molecule is CC(C)c1ccc(CCC(CCc2ccc(C(C)C)cc2)NCC(O)CN)cc1. The van der Waals surface area contributed by atoms with Crippen LogP contribution in [0.25, 0.3) is 0 Å². The molecule has 0 amide bonds. The van der Waals surface area contributed by atoms with Crippen molar-refractivity contribution in [2.45, 2.75) is 77.4 Å². The van der Waals surface area contributed by atoms with E-state index in [2.05, 4.69) is 81.5 Å². The third-order valence-corrected chi connectivity index (χ3v) is 5.77. The lowest BCUT2D eigenvalue weighted by molar-refractivity contribution is 0.173. The lowest BCUT2D eigenvalue weighted by Crippen LogP contribution is -2.39. The summed E-state index contributed by atoms with van der Waals surface area (Å²) in [5.74, 6) is 1.14. The molecule has 1 unspecified atom stereocenters. The first-order chi connectivity index (χ1) is 13.9. The number of benzene rings is 2. The van der Waals surface area contributed by atoms with Gasteiger partial charge in [-0.3, -0.25) is 0 Å². The minimum atomic E-state index is -0.479. The van der Waals surface area contributed by atoms with Gasteiger partial charge in [0.05, 0.1) is 6.10 Å². The van der Waals surface area contributed by atoms with Crippen LogP contribution in [-0.4, -0.2) is 30.3 Å². The summed E-state index contributed by atoms with van der Waals surface area (Å²) in [7, 11) is 0. The minimum absolute atomic E-state index is 0.299. The quantitative estimate of drug-likeness (QED) is 0.484. The number of aliphatic hydroxyl groups excluding tert-OH is 1. The molecule has 2 rings (SSSR count). The van der Waals surface area contributed by atoms with Gasteiger partial charge >= 0.3 is 0 Å². The summed E-state index contributed by atoms with van der Waals surface area (Å²) >= 11 is 0. The minimum Gasteiger partial charge on any atom is -0.390 e. The standard InChI is InChI=1S/C26H40N2O/c1-19(2)23-11-5-21(6-12-23)9-15-25(28-18-26(29)17-27)16-10-22-7-13-24(14-8-22)20(3)4/h5-8,11-14,19-20,25-26,28-29H,9-10,15-18,27H2,1-4H3. The van der Waals surface area contributed by atoms with E-state index in [9.17, 15) is 5.11 Å². The van der Waals surface area contributed by atoms with Gasteiger partial charge in [0.15, 0.2) is 0 Å². The van der Waals surface area contributed by atoms with Gasteiger partial charge in [-0.05, 0) is 59.8 Å². The molecule has 0 radical (unpaired) electrons. The van der Waals surface area contributed by atoms with Gasteiger partial charge in [-0.1, -0.05) is 76.2 Å². The van der Waals surface area contributed by atoms with Crippen LogP contribution in [0.4, 0.5) is 0 Å². The van der Waals surface area contributed by atoms with E-state index in [-0.39, 0.29) is 0 Å². The molecule has 29 heavy (non-hydrogen) atoms. The highest BCUT2D eigenvalue weighted by Gasteiger charge is 2.12. The summed E-state index contributed by atoms with van der Waals surface area (Å²) in [4.78, 5) is 0. The maximum Gasteiger partial charge on any atom is 0.0786 e. The first-order valence-corrected chi connectivity index (χ1v) is 11.2. The molecular weight excluding hydrogens is 356 g/mol. The molecule has 0 spiro atoms. The Kier molecular flexibility index (Phi) is 9.86. The molecule has 0 aliphatic carbocycles. The highest BCUT2D eigenvalue weighted by atomic mass is 16.3. The molecule has 1 atom stereocenters. The van der Waals surface area contributed by atoms with Crippen molar-refractivity contribution in [2.24, 2.45) is 5.73 Å². The molecule has 160 valence electrons. The van der Waals surface area contributed by atoms with Gasteiger partial charge in [0.25, 0.3) is 0 Å². The lowest BCUT2D eigenvalue weighted by Gasteiger charge is -2.21. The van der Waals surface area contributed by atoms with Crippen molar-refractivity contribution in [3.8, 4) is 0 Å². The van der Waals surface area contributed by atoms with Crippen LogP contribution in [0.1, 0.15) is 74.6 Å². The van der Waals surface area contributed by atoms with Gasteiger partial charge in [-0.2, -0.15) is 0 Å². The van der Waals surface area contributed by atoms with E-state index in [1.54, 1.807) is 0 Å². The second kappa shape index (κ2) is 12.1. The number of nitrogens with one attached hydrogen (secondary N) is 1. The summed E-state index contributed by atoms with van der Waals surface area (Å²) in [6.07, 6.45) is 3.72. The van der Waals surface area contributed by atoms with Gasteiger partial charge in [-0.25, -0.2) is 0 Å². The first-order valence-electron chi connectivity index (χ1n) is 11.2. The lowest BCUT2D eigenvalue weighted by atomic mass is 9.95. The second-order valence-electron chi connectivity index (χ2n) is 8.86. The average Bonchev–Trinajstić information content (AvgIpc) is 2.73. The number of aryl methyl sites for hydroxylation is 2. The van der Waals surface area contributed by atoms with Crippen LogP contribution < -0.4 is 11.1 Å². The molecule has 2 aromatic carbocycles. The normalized spacial score (nSPS) is 12.9. The van der Waals surface area contributed by atoms with Gasteiger partial charge in [-0.15, -0.1) is 0 Å². The fourth-order valence-corrected chi connectivity index (χ4v) is 3.55. The van der Waals surface area contributed by atoms with Crippen molar-refractivity contribution in [2.75, 3.05) is 13.1 Å². The Balaban J connectivity index is 1.92. The van der Waals surface area contributed by atoms with E-state index in [1.165, 1.54) is 22.3 Å². The molecule has 0 aliphatic heterocycles. The van der Waals surface area contributed by atoms with Crippen molar-refractivity contribution >= 4 is 0 Å². The van der Waals surface area contributed by atoms with Crippen LogP contribution in [0.3, 0.4) is 0 Å². The van der Waals surface area contributed by atoms with Crippen LogP contribution in [-0.2, 0) is 12.8 Å². The van der Waals surface area contributed by atoms with Crippen molar-refractivity contribution in [3.05, 3.63) is 70.8 Å². The third kappa shape index (κ3) is 8.30. The Morgan fingerprint density at radius 2 is 1.17 bits per heavy atom. The van der Waals surface area contributed by atoms with Gasteiger partial charge < -0.3 is 16.2 Å². The Morgan fingerprint density at radius 3 is 1.52 bits per heavy atom. The largest absolute Gasteiger partial charge is 0.390 e. The molecule has 0 saturated heterocycles. The number of nitrogens with two attached hydrogens (primary N) is 1. The van der Waals surface area contributed by atoms with Crippen LogP contribution >= 0.6 is 0 Å². The highest BCUT2D eigenvalue weighted by molar-refractivity contribution is 5.26. The predicted octanol–water partition coefficient (Wildman–Crippen LogP) is 4.78. The number of hydrogen-bond donors (Lipinski definition) is 3. The molecular formula is C26H40N2O. The van der Waals surface area contributed by atoms with Gasteiger partial charge in [0.2, 0.25) is 0 Å². The summed E-state index contributed by atoms with van der Waals surface area (Å²) in [6.45, 7) is 9.76. The predicted molar refractivity (Wildman–Crippen MR) is 125 cm³/mol. The van der Waals surface area contributed by atoms with E-state index in [1.807, 2.05) is 0 Å². The molecule has 0 fully saturated rings. The van der Waals surface area contributed by atoms with Crippen molar-refractivity contribution in [1.29, 1.82) is 0 Å². The monoisotopic (exact) mass is 396 g/mol. The first kappa shape index (κ1) is 23.6. The maximum absolute atomic E-state index is 9.85. The zero-order chi connectivity index (χ0) is 21.2. The molecule has 0 saturated carbocycles. The Hall–Kier alpha value is -1.68. The second-order valence-corrected chi connectivity index (χ2v) is 8.86. The van der Waals surface area contributed by atoms with Gasteiger partial charge in [0.1, 0.15) is 0 Å².